The third-order valence-corrected chi connectivity index (χ3v) is 5.52. The molecule has 0 aliphatic carbocycles. The number of amides is 2. The molecule has 2 heterocycles. The molecule has 2 aliphatic heterocycles. The number of hydrogen-bond acceptors (Lipinski definition) is 3. The Hall–Kier alpha value is -1.66. The maximum Gasteiger partial charge on any atom is 0.258 e. The van der Waals surface area contributed by atoms with Crippen molar-refractivity contribution in [2.45, 2.75) is 19.3 Å². The number of likely N-dealkylation sites (tertiary alicyclic amines) is 2. The summed E-state index contributed by atoms with van der Waals surface area (Å²) in [6.45, 7) is 2.53. The number of nitrogens with zero attached hydrogens (tertiary/aromatic N) is 2. The number of halogens is 2. The monoisotopic (exact) mass is 368 g/mol. The molecule has 2 aliphatic rings. The minimum Gasteiger partial charge on any atom is -0.383 e. The van der Waals surface area contributed by atoms with E-state index >= 15 is 0 Å². The van der Waals surface area contributed by atoms with Crippen molar-refractivity contribution in [3.8, 4) is 0 Å². The van der Waals surface area contributed by atoms with Crippen LogP contribution < -0.4 is 0 Å². The lowest BCUT2D eigenvalue weighted by Gasteiger charge is -2.39. The van der Waals surface area contributed by atoms with Gasteiger partial charge in [-0.25, -0.2) is 4.39 Å². The van der Waals surface area contributed by atoms with Gasteiger partial charge in [-0.05, 0) is 31.4 Å². The van der Waals surface area contributed by atoms with E-state index in [9.17, 15) is 14.0 Å². The van der Waals surface area contributed by atoms with E-state index in [2.05, 4.69) is 0 Å². The van der Waals surface area contributed by atoms with E-state index in [1.165, 1.54) is 18.2 Å². The summed E-state index contributed by atoms with van der Waals surface area (Å²) in [4.78, 5) is 29.0. The first-order chi connectivity index (χ1) is 12.0. The summed E-state index contributed by atoms with van der Waals surface area (Å²) in [5.41, 5.74) is -0.667. The van der Waals surface area contributed by atoms with Gasteiger partial charge in [-0.15, -0.1) is 0 Å². The van der Waals surface area contributed by atoms with E-state index in [1.54, 1.807) is 12.0 Å². The van der Waals surface area contributed by atoms with Crippen LogP contribution in [-0.4, -0.2) is 61.5 Å². The van der Waals surface area contributed by atoms with E-state index in [0.717, 1.165) is 19.4 Å². The van der Waals surface area contributed by atoms with Gasteiger partial charge in [0, 0.05) is 33.3 Å². The molecule has 3 rings (SSSR count). The second-order valence-electron chi connectivity index (χ2n) is 6.74. The van der Waals surface area contributed by atoms with Crippen LogP contribution in [0.2, 0.25) is 5.02 Å². The molecule has 0 N–H and O–H groups in total. The largest absolute Gasteiger partial charge is 0.383 e. The topological polar surface area (TPSA) is 49.9 Å². The van der Waals surface area contributed by atoms with E-state index in [-0.39, 0.29) is 16.5 Å². The SMILES string of the molecule is COCCN1CCC[C@@]2(CCN(C(=O)c3c(F)cccc3Cl)C2)C1=O. The van der Waals surface area contributed by atoms with Crippen molar-refractivity contribution in [3.63, 3.8) is 0 Å². The van der Waals surface area contributed by atoms with Crippen LogP contribution in [0.4, 0.5) is 4.39 Å². The lowest BCUT2D eigenvalue weighted by Crippen LogP contribution is -2.51. The van der Waals surface area contributed by atoms with Crippen molar-refractivity contribution in [1.82, 2.24) is 9.80 Å². The summed E-state index contributed by atoms with van der Waals surface area (Å²) < 4.78 is 19.1. The van der Waals surface area contributed by atoms with E-state index in [4.69, 9.17) is 16.3 Å². The maximum atomic E-state index is 14.0. The van der Waals surface area contributed by atoms with Crippen molar-refractivity contribution < 1.29 is 18.7 Å². The van der Waals surface area contributed by atoms with Crippen molar-refractivity contribution in [2.75, 3.05) is 39.9 Å². The molecule has 0 aromatic heterocycles. The third-order valence-electron chi connectivity index (χ3n) is 5.21. The van der Waals surface area contributed by atoms with Crippen molar-refractivity contribution in [1.29, 1.82) is 0 Å². The predicted octanol–water partition coefficient (Wildman–Crippen LogP) is 2.58. The predicted molar refractivity (Wildman–Crippen MR) is 92.1 cm³/mol. The molecule has 2 fully saturated rings. The number of ether oxygens (including phenoxy) is 1. The minimum absolute atomic E-state index is 0.0748. The first-order valence-corrected chi connectivity index (χ1v) is 8.88. The fourth-order valence-corrected chi connectivity index (χ4v) is 4.10. The summed E-state index contributed by atoms with van der Waals surface area (Å²) in [5, 5.41) is 0.0997. The lowest BCUT2D eigenvalue weighted by molar-refractivity contribution is -0.146. The number of methoxy groups -OCH3 is 1. The van der Waals surface area contributed by atoms with Gasteiger partial charge in [0.05, 0.1) is 22.6 Å². The van der Waals surface area contributed by atoms with Crippen molar-refractivity contribution >= 4 is 23.4 Å². The Kier molecular flexibility index (Phi) is 5.29. The van der Waals surface area contributed by atoms with Gasteiger partial charge in [0.25, 0.3) is 5.91 Å². The maximum absolute atomic E-state index is 14.0. The molecule has 0 saturated carbocycles. The Morgan fingerprint density at radius 3 is 2.88 bits per heavy atom. The molecule has 1 atom stereocenters. The van der Waals surface area contributed by atoms with Crippen LogP contribution in [0.3, 0.4) is 0 Å². The summed E-state index contributed by atoms with van der Waals surface area (Å²) in [5.74, 6) is -0.998. The van der Waals surface area contributed by atoms with Gasteiger partial charge in [-0.2, -0.15) is 0 Å². The number of piperidine rings is 1. The van der Waals surface area contributed by atoms with Gasteiger partial charge in [0.2, 0.25) is 5.91 Å². The molecule has 5 nitrogen and oxygen atoms in total. The van der Waals surface area contributed by atoms with Crippen LogP contribution in [0.15, 0.2) is 18.2 Å². The van der Waals surface area contributed by atoms with Gasteiger partial charge in [0.15, 0.2) is 0 Å². The van der Waals surface area contributed by atoms with Gasteiger partial charge in [0.1, 0.15) is 5.82 Å². The lowest BCUT2D eigenvalue weighted by atomic mass is 9.78. The Bertz CT molecular complexity index is 664. The molecule has 1 aromatic carbocycles. The molecule has 2 amide bonds. The van der Waals surface area contributed by atoms with Gasteiger partial charge >= 0.3 is 0 Å². The van der Waals surface area contributed by atoms with Crippen LogP contribution in [0, 0.1) is 11.2 Å². The molecule has 136 valence electrons. The first kappa shape index (κ1) is 18.1. The molecule has 1 aromatic rings. The summed E-state index contributed by atoms with van der Waals surface area (Å²) >= 11 is 6.01. The highest BCUT2D eigenvalue weighted by atomic mass is 35.5. The zero-order valence-electron chi connectivity index (χ0n) is 14.3. The Balaban J connectivity index is 1.76. The van der Waals surface area contributed by atoms with E-state index in [1.807, 2.05) is 4.90 Å². The third kappa shape index (κ3) is 3.37. The van der Waals surface area contributed by atoms with Gasteiger partial charge < -0.3 is 14.5 Å². The van der Waals surface area contributed by atoms with Crippen LogP contribution >= 0.6 is 11.6 Å². The molecular formula is C18H22ClFN2O3. The summed E-state index contributed by atoms with van der Waals surface area (Å²) in [6.07, 6.45) is 2.26. The number of benzene rings is 1. The van der Waals surface area contributed by atoms with Crippen molar-refractivity contribution in [3.05, 3.63) is 34.6 Å². The van der Waals surface area contributed by atoms with E-state index < -0.39 is 17.1 Å². The average Bonchev–Trinajstić information content (AvgIpc) is 3.01. The standard InChI is InChI=1S/C18H22ClFN2O3/c1-25-11-10-21-8-3-6-18(17(21)24)7-9-22(12-18)16(23)15-13(19)4-2-5-14(15)20/h2,4-5H,3,6-12H2,1H3/t18-/m0/s1. The normalized spacial score (nSPS) is 23.6. The smallest absolute Gasteiger partial charge is 0.258 e. The van der Waals surface area contributed by atoms with Crippen LogP contribution in [0.1, 0.15) is 29.6 Å². The van der Waals surface area contributed by atoms with Gasteiger partial charge in [-0.3, -0.25) is 9.59 Å². The Morgan fingerprint density at radius 2 is 2.16 bits per heavy atom. The molecule has 0 radical (unpaired) electrons. The highest BCUT2D eigenvalue weighted by Crippen LogP contribution is 2.40. The van der Waals surface area contributed by atoms with Crippen LogP contribution in [-0.2, 0) is 9.53 Å². The summed E-state index contributed by atoms with van der Waals surface area (Å²) in [7, 11) is 1.61. The second kappa shape index (κ2) is 7.30. The van der Waals surface area contributed by atoms with Crippen molar-refractivity contribution in [2.24, 2.45) is 5.41 Å². The fraction of sp³-hybridized carbons (Fsp3) is 0.556. The highest BCUT2D eigenvalue weighted by molar-refractivity contribution is 6.33. The first-order valence-electron chi connectivity index (χ1n) is 8.50. The van der Waals surface area contributed by atoms with Crippen LogP contribution in [0.5, 0.6) is 0 Å². The van der Waals surface area contributed by atoms with Crippen LogP contribution in [0.25, 0.3) is 0 Å². The Morgan fingerprint density at radius 1 is 1.36 bits per heavy atom. The minimum atomic E-state index is -0.629. The molecule has 2 saturated heterocycles. The number of hydrogen-bond donors (Lipinski definition) is 0. The zero-order valence-corrected chi connectivity index (χ0v) is 15.0. The average molecular weight is 369 g/mol. The molecule has 25 heavy (non-hydrogen) atoms. The Labute approximate surface area is 151 Å². The number of carbonyl (C=O) groups is 2. The molecule has 0 unspecified atom stereocenters. The van der Waals surface area contributed by atoms with Gasteiger partial charge in [-0.1, -0.05) is 17.7 Å². The summed E-state index contributed by atoms with van der Waals surface area (Å²) in [6, 6.07) is 4.20. The molecule has 7 heteroatoms. The number of rotatable bonds is 4. The second-order valence-corrected chi connectivity index (χ2v) is 7.15. The molecule has 1 spiro atoms. The highest BCUT2D eigenvalue weighted by Gasteiger charge is 2.49. The number of carbonyl (C=O) groups excluding carboxylic acids is 2. The molecular weight excluding hydrogens is 347 g/mol. The fourth-order valence-electron chi connectivity index (χ4n) is 3.85. The molecule has 0 bridgehead atoms. The quantitative estimate of drug-likeness (QED) is 0.820. The zero-order chi connectivity index (χ0) is 18.0. The van der Waals surface area contributed by atoms with E-state index in [0.29, 0.717) is 32.7 Å².